The highest BCUT2D eigenvalue weighted by Gasteiger charge is 2.34. The van der Waals surface area contributed by atoms with Gasteiger partial charge < -0.3 is 9.47 Å². The second kappa shape index (κ2) is 7.77. The molecule has 0 saturated heterocycles. The van der Waals surface area contributed by atoms with Crippen molar-refractivity contribution < 1.29 is 18.7 Å². The molecule has 0 fully saturated rings. The highest BCUT2D eigenvalue weighted by atomic mass is 79.9. The summed E-state index contributed by atoms with van der Waals surface area (Å²) in [6, 6.07) is 4.59. The van der Waals surface area contributed by atoms with Gasteiger partial charge in [-0.2, -0.15) is 0 Å². The maximum atomic E-state index is 14.1. The lowest BCUT2D eigenvalue weighted by atomic mass is 9.76. The molecule has 0 bridgehead atoms. The van der Waals surface area contributed by atoms with Crippen LogP contribution in [0.1, 0.15) is 39.2 Å². The minimum atomic E-state index is -0.579. The zero-order valence-corrected chi connectivity index (χ0v) is 15.0. The molecule has 0 aliphatic carbocycles. The molecule has 0 heterocycles. The number of hydrogen-bond acceptors (Lipinski definition) is 3. The van der Waals surface area contributed by atoms with Gasteiger partial charge in [-0.25, -0.2) is 4.39 Å². The van der Waals surface area contributed by atoms with E-state index < -0.39 is 23.1 Å². The Bertz CT molecular complexity index is 549. The first-order chi connectivity index (χ1) is 10.2. The average molecular weight is 373 g/mol. The van der Waals surface area contributed by atoms with Crippen molar-refractivity contribution >= 4 is 21.9 Å². The molecule has 0 aliphatic heterocycles. The van der Waals surface area contributed by atoms with Gasteiger partial charge in [0.1, 0.15) is 6.61 Å². The summed E-state index contributed by atoms with van der Waals surface area (Å²) in [5.41, 5.74) is 0.156. The van der Waals surface area contributed by atoms with Crippen molar-refractivity contribution in [2.75, 3.05) is 13.2 Å². The van der Waals surface area contributed by atoms with Crippen LogP contribution in [0, 0.1) is 11.2 Å². The Morgan fingerprint density at radius 2 is 2.05 bits per heavy atom. The Labute approximate surface area is 139 Å². The number of rotatable bonds is 6. The molecule has 0 N–H and O–H groups in total. The van der Waals surface area contributed by atoms with E-state index in [0.717, 1.165) is 0 Å². The lowest BCUT2D eigenvalue weighted by molar-refractivity contribution is -0.147. The van der Waals surface area contributed by atoms with E-state index in [2.05, 4.69) is 22.5 Å². The lowest BCUT2D eigenvalue weighted by Gasteiger charge is -2.29. The summed E-state index contributed by atoms with van der Waals surface area (Å²) in [5, 5.41) is 0. The van der Waals surface area contributed by atoms with E-state index in [9.17, 15) is 9.18 Å². The molecule has 5 heteroatoms. The first-order valence-electron chi connectivity index (χ1n) is 7.09. The molecule has 0 aromatic heterocycles. The zero-order chi connectivity index (χ0) is 16.9. The van der Waals surface area contributed by atoms with Crippen molar-refractivity contribution in [3.05, 3.63) is 40.6 Å². The normalized spacial score (nSPS) is 12.6. The van der Waals surface area contributed by atoms with Crippen LogP contribution >= 0.6 is 15.9 Å². The molecule has 0 amide bonds. The zero-order valence-electron chi connectivity index (χ0n) is 13.4. The SMILES string of the molecule is C=C(Br)COC(=O)C(c1ccc(OCC)c(F)c1)C(C)(C)C. The van der Waals surface area contributed by atoms with Gasteiger partial charge in [0, 0.05) is 4.48 Å². The van der Waals surface area contributed by atoms with Crippen molar-refractivity contribution in [1.82, 2.24) is 0 Å². The summed E-state index contributed by atoms with van der Waals surface area (Å²) in [7, 11) is 0. The number of hydrogen-bond donors (Lipinski definition) is 0. The van der Waals surface area contributed by atoms with E-state index in [1.165, 1.54) is 6.07 Å². The van der Waals surface area contributed by atoms with Gasteiger partial charge in [0.05, 0.1) is 12.5 Å². The maximum Gasteiger partial charge on any atom is 0.314 e. The van der Waals surface area contributed by atoms with Gasteiger partial charge in [0.2, 0.25) is 0 Å². The van der Waals surface area contributed by atoms with Crippen LogP contribution in [0.15, 0.2) is 29.3 Å². The van der Waals surface area contributed by atoms with Crippen molar-refractivity contribution in [2.24, 2.45) is 5.41 Å². The van der Waals surface area contributed by atoms with Gasteiger partial charge in [-0.1, -0.05) is 49.3 Å². The first kappa shape index (κ1) is 18.7. The standard InChI is InChI=1S/C17H22BrFO3/c1-6-21-14-8-7-12(9-13(14)19)15(17(3,4)5)16(20)22-10-11(2)18/h7-9,15H,2,6,10H2,1,3-5H3. The van der Waals surface area contributed by atoms with Crippen LogP contribution < -0.4 is 4.74 Å². The fourth-order valence-electron chi connectivity index (χ4n) is 2.19. The minimum absolute atomic E-state index is 0.0882. The quantitative estimate of drug-likeness (QED) is 0.672. The monoisotopic (exact) mass is 372 g/mol. The van der Waals surface area contributed by atoms with Gasteiger partial charge in [0.25, 0.3) is 0 Å². The smallest absolute Gasteiger partial charge is 0.314 e. The Hall–Kier alpha value is -1.36. The molecule has 22 heavy (non-hydrogen) atoms. The third-order valence-electron chi connectivity index (χ3n) is 3.06. The molecular formula is C17H22BrFO3. The fraction of sp³-hybridized carbons (Fsp3) is 0.471. The topological polar surface area (TPSA) is 35.5 Å². The number of carbonyl (C=O) groups is 1. The summed E-state index contributed by atoms with van der Waals surface area (Å²) >= 11 is 3.15. The van der Waals surface area contributed by atoms with Gasteiger partial charge in [-0.3, -0.25) is 4.79 Å². The van der Waals surface area contributed by atoms with Crippen molar-refractivity contribution in [2.45, 2.75) is 33.6 Å². The van der Waals surface area contributed by atoms with Crippen LogP contribution in [0.5, 0.6) is 5.75 Å². The molecule has 1 unspecified atom stereocenters. The second-order valence-electron chi connectivity index (χ2n) is 6.05. The summed E-state index contributed by atoms with van der Waals surface area (Å²) in [4.78, 5) is 12.4. The van der Waals surface area contributed by atoms with E-state index in [-0.39, 0.29) is 12.4 Å². The van der Waals surface area contributed by atoms with Crippen LogP contribution in [-0.2, 0) is 9.53 Å². The molecule has 1 aromatic rings. The van der Waals surface area contributed by atoms with Crippen molar-refractivity contribution in [1.29, 1.82) is 0 Å². The highest BCUT2D eigenvalue weighted by Crippen LogP contribution is 2.37. The van der Waals surface area contributed by atoms with Crippen molar-refractivity contribution in [3.8, 4) is 5.75 Å². The molecule has 3 nitrogen and oxygen atoms in total. The van der Waals surface area contributed by atoms with Gasteiger partial charge in [0.15, 0.2) is 11.6 Å². The number of carbonyl (C=O) groups excluding carboxylic acids is 1. The van der Waals surface area contributed by atoms with Crippen LogP contribution in [0.4, 0.5) is 4.39 Å². The van der Waals surface area contributed by atoms with Crippen LogP contribution in [0.2, 0.25) is 0 Å². The fourth-order valence-corrected chi connectivity index (χ4v) is 2.31. The molecule has 1 rings (SSSR count). The Morgan fingerprint density at radius 1 is 1.41 bits per heavy atom. The molecule has 122 valence electrons. The molecule has 0 radical (unpaired) electrons. The van der Waals surface area contributed by atoms with Crippen LogP contribution in [0.3, 0.4) is 0 Å². The van der Waals surface area contributed by atoms with E-state index in [4.69, 9.17) is 9.47 Å². The molecular weight excluding hydrogens is 351 g/mol. The maximum absolute atomic E-state index is 14.1. The molecule has 0 aliphatic rings. The second-order valence-corrected chi connectivity index (χ2v) is 7.17. The Morgan fingerprint density at radius 3 is 2.50 bits per heavy atom. The lowest BCUT2D eigenvalue weighted by Crippen LogP contribution is -2.28. The number of ether oxygens (including phenoxy) is 2. The summed E-state index contributed by atoms with van der Waals surface area (Å²) in [6.45, 7) is 11.6. The highest BCUT2D eigenvalue weighted by molar-refractivity contribution is 9.11. The Balaban J connectivity index is 3.10. The molecule has 0 spiro atoms. The summed E-state index contributed by atoms with van der Waals surface area (Å²) in [5.74, 6) is -1.28. The van der Waals surface area contributed by atoms with E-state index >= 15 is 0 Å². The number of halogens is 2. The van der Waals surface area contributed by atoms with Gasteiger partial charge in [-0.05, 0) is 30.0 Å². The summed E-state index contributed by atoms with van der Waals surface area (Å²) < 4.78 is 25.1. The molecule has 1 atom stereocenters. The molecule has 0 saturated carbocycles. The van der Waals surface area contributed by atoms with Crippen molar-refractivity contribution in [3.63, 3.8) is 0 Å². The number of esters is 1. The summed E-state index contributed by atoms with van der Waals surface area (Å²) in [6.07, 6.45) is 0. The van der Waals surface area contributed by atoms with E-state index in [1.807, 2.05) is 20.8 Å². The predicted molar refractivity (Wildman–Crippen MR) is 88.8 cm³/mol. The van der Waals surface area contributed by atoms with E-state index in [1.54, 1.807) is 19.1 Å². The average Bonchev–Trinajstić information content (AvgIpc) is 2.38. The first-order valence-corrected chi connectivity index (χ1v) is 7.88. The third-order valence-corrected chi connectivity index (χ3v) is 3.29. The largest absolute Gasteiger partial charge is 0.491 e. The Kier molecular flexibility index (Phi) is 6.60. The number of benzene rings is 1. The van der Waals surface area contributed by atoms with Gasteiger partial charge in [-0.15, -0.1) is 0 Å². The third kappa shape index (κ3) is 5.13. The minimum Gasteiger partial charge on any atom is -0.491 e. The van der Waals surface area contributed by atoms with Gasteiger partial charge >= 0.3 is 5.97 Å². The molecule has 1 aromatic carbocycles. The predicted octanol–water partition coefficient (Wildman–Crippen LogP) is 4.81. The van der Waals surface area contributed by atoms with Crippen LogP contribution in [-0.4, -0.2) is 19.2 Å². The van der Waals surface area contributed by atoms with Crippen LogP contribution in [0.25, 0.3) is 0 Å². The van der Waals surface area contributed by atoms with E-state index in [0.29, 0.717) is 16.7 Å².